The minimum atomic E-state index is -0.0719. The molecule has 0 aliphatic heterocycles. The molecule has 0 unspecified atom stereocenters. The number of aromatic nitrogens is 4. The second kappa shape index (κ2) is 10.1. The Labute approximate surface area is 232 Å². The van der Waals surface area contributed by atoms with Gasteiger partial charge in [0, 0.05) is 58.3 Å². The summed E-state index contributed by atoms with van der Waals surface area (Å²) in [5, 5.41) is 9.65. The number of hydrogen-bond donors (Lipinski definition) is 3. The third-order valence-corrected chi connectivity index (χ3v) is 8.53. The van der Waals surface area contributed by atoms with Gasteiger partial charge in [-0.15, -0.1) is 0 Å². The highest BCUT2D eigenvalue weighted by molar-refractivity contribution is 6.16. The Bertz CT molecular complexity index is 1700. The van der Waals surface area contributed by atoms with Gasteiger partial charge in [-0.1, -0.05) is 25.0 Å². The molecule has 7 rings (SSSR count). The van der Waals surface area contributed by atoms with E-state index >= 15 is 0 Å². The van der Waals surface area contributed by atoms with E-state index in [-0.39, 0.29) is 24.1 Å². The van der Waals surface area contributed by atoms with Crippen LogP contribution in [-0.4, -0.2) is 43.8 Å². The quantitative estimate of drug-likeness (QED) is 0.258. The molecule has 0 bridgehead atoms. The maximum absolute atomic E-state index is 13.1. The fraction of sp³-hybridized carbons (Fsp3) is 0.344. The van der Waals surface area contributed by atoms with Crippen LogP contribution in [0.25, 0.3) is 44.2 Å². The topological polar surface area (TPSA) is 111 Å². The number of carbonyl (C=O) groups is 1. The highest BCUT2D eigenvalue weighted by atomic mass is 16.5. The van der Waals surface area contributed by atoms with Gasteiger partial charge in [-0.25, -0.2) is 0 Å². The number of fused-ring (bicyclic) bond motifs is 3. The van der Waals surface area contributed by atoms with Crippen LogP contribution in [-0.2, 0) is 7.05 Å². The van der Waals surface area contributed by atoms with Crippen molar-refractivity contribution >= 4 is 27.7 Å². The number of amides is 1. The lowest BCUT2D eigenvalue weighted by atomic mass is 9.90. The summed E-state index contributed by atoms with van der Waals surface area (Å²) in [4.78, 5) is 21.3. The van der Waals surface area contributed by atoms with Gasteiger partial charge in [-0.3, -0.25) is 14.5 Å². The number of nitrogens with zero attached hydrogens (tertiary/aromatic N) is 3. The minimum absolute atomic E-state index is 0.0220. The summed E-state index contributed by atoms with van der Waals surface area (Å²) < 4.78 is 8.32. The van der Waals surface area contributed by atoms with Crippen LogP contribution in [0.2, 0.25) is 0 Å². The highest BCUT2D eigenvalue weighted by Crippen LogP contribution is 2.43. The zero-order valence-electron chi connectivity index (χ0n) is 22.7. The number of H-pyrrole nitrogens is 1. The standard InChI is InChI=1S/C32H34N6O2/c1-38-18-21(16-35-38)27-15-23-28(17-34-27)36-26-13-14-29(40-22-5-4-6-22)30(31(23)26)19-9-11-20(12-10-19)32(39)37-25-8-3-2-7-24(25)33/h9-18,22,24-25,36H,2-8,33H2,1H3,(H,37,39)/t24-,25-/m0/s1. The summed E-state index contributed by atoms with van der Waals surface area (Å²) in [5.41, 5.74) is 12.8. The van der Waals surface area contributed by atoms with Gasteiger partial charge >= 0.3 is 0 Å². The third-order valence-electron chi connectivity index (χ3n) is 8.53. The van der Waals surface area contributed by atoms with E-state index in [4.69, 9.17) is 15.5 Å². The fourth-order valence-electron chi connectivity index (χ4n) is 6.02. The van der Waals surface area contributed by atoms with Crippen LogP contribution < -0.4 is 15.8 Å². The molecule has 204 valence electrons. The summed E-state index contributed by atoms with van der Waals surface area (Å²) in [5.74, 6) is 0.792. The van der Waals surface area contributed by atoms with Crippen molar-refractivity contribution in [2.24, 2.45) is 12.8 Å². The van der Waals surface area contributed by atoms with E-state index in [1.54, 1.807) is 4.68 Å². The van der Waals surface area contributed by atoms with Gasteiger partial charge in [0.2, 0.25) is 0 Å². The van der Waals surface area contributed by atoms with Crippen molar-refractivity contribution in [3.05, 3.63) is 66.6 Å². The monoisotopic (exact) mass is 534 g/mol. The third kappa shape index (κ3) is 4.52. The molecular weight excluding hydrogens is 500 g/mol. The van der Waals surface area contributed by atoms with E-state index in [2.05, 4.69) is 33.6 Å². The number of aryl methyl sites for hydroxylation is 1. The van der Waals surface area contributed by atoms with Crippen molar-refractivity contribution in [1.29, 1.82) is 0 Å². The maximum atomic E-state index is 13.1. The first kappa shape index (κ1) is 24.8. The second-order valence-corrected chi connectivity index (χ2v) is 11.3. The van der Waals surface area contributed by atoms with Crippen molar-refractivity contribution in [3.63, 3.8) is 0 Å². The minimum Gasteiger partial charge on any atom is -0.490 e. The molecule has 2 aromatic carbocycles. The first-order valence-electron chi connectivity index (χ1n) is 14.3. The van der Waals surface area contributed by atoms with Crippen molar-refractivity contribution in [2.75, 3.05) is 0 Å². The van der Waals surface area contributed by atoms with Gasteiger partial charge in [-0.05, 0) is 68.0 Å². The Balaban J connectivity index is 1.30. The van der Waals surface area contributed by atoms with Crippen LogP contribution in [0.5, 0.6) is 5.75 Å². The van der Waals surface area contributed by atoms with Crippen molar-refractivity contribution in [3.8, 4) is 28.1 Å². The number of pyridine rings is 1. The lowest BCUT2D eigenvalue weighted by Gasteiger charge is -2.29. The molecule has 3 aromatic heterocycles. The number of rotatable bonds is 6. The van der Waals surface area contributed by atoms with Gasteiger partial charge in [0.25, 0.3) is 5.91 Å². The molecule has 0 saturated heterocycles. The van der Waals surface area contributed by atoms with Gasteiger partial charge in [0.15, 0.2) is 0 Å². The molecule has 5 aromatic rings. The van der Waals surface area contributed by atoms with Gasteiger partial charge in [-0.2, -0.15) is 5.10 Å². The van der Waals surface area contributed by atoms with Crippen LogP contribution >= 0.6 is 0 Å². The molecule has 2 fully saturated rings. The summed E-state index contributed by atoms with van der Waals surface area (Å²) in [6.07, 6.45) is 13.4. The van der Waals surface area contributed by atoms with Crippen molar-refractivity contribution in [1.82, 2.24) is 25.1 Å². The Hall–Kier alpha value is -4.17. The van der Waals surface area contributed by atoms with E-state index < -0.39 is 0 Å². The number of aromatic amines is 1. The van der Waals surface area contributed by atoms with Crippen LogP contribution in [0.4, 0.5) is 0 Å². The van der Waals surface area contributed by atoms with E-state index in [0.717, 1.165) is 88.5 Å². The van der Waals surface area contributed by atoms with E-state index in [9.17, 15) is 4.79 Å². The number of benzene rings is 2. The average molecular weight is 535 g/mol. The van der Waals surface area contributed by atoms with E-state index in [0.29, 0.717) is 5.56 Å². The Kier molecular flexibility index (Phi) is 6.27. The molecule has 3 heterocycles. The van der Waals surface area contributed by atoms with Gasteiger partial charge < -0.3 is 20.8 Å². The van der Waals surface area contributed by atoms with E-state index in [1.807, 2.05) is 49.9 Å². The van der Waals surface area contributed by atoms with Crippen LogP contribution in [0.1, 0.15) is 55.3 Å². The zero-order chi connectivity index (χ0) is 27.2. The summed E-state index contributed by atoms with van der Waals surface area (Å²) in [6.45, 7) is 0. The maximum Gasteiger partial charge on any atom is 0.251 e. The number of nitrogens with two attached hydrogens (primary N) is 1. The van der Waals surface area contributed by atoms with Crippen LogP contribution in [0.3, 0.4) is 0 Å². The first-order chi connectivity index (χ1) is 19.5. The smallest absolute Gasteiger partial charge is 0.251 e. The van der Waals surface area contributed by atoms with Crippen molar-refractivity contribution in [2.45, 2.75) is 63.1 Å². The SMILES string of the molecule is Cn1cc(-c2cc3c(cn2)[nH]c2ccc(OC4CCC4)c(-c4ccc(C(=O)N[C@H]5CCCC[C@@H]5N)cc4)c23)cn1. The molecule has 2 aliphatic carbocycles. The molecule has 8 heteroatoms. The molecule has 8 nitrogen and oxygen atoms in total. The van der Waals surface area contributed by atoms with Crippen molar-refractivity contribution < 1.29 is 9.53 Å². The summed E-state index contributed by atoms with van der Waals surface area (Å²) in [6, 6.07) is 14.2. The number of ether oxygens (including phenoxy) is 1. The van der Waals surface area contributed by atoms with Crippen LogP contribution in [0.15, 0.2) is 61.1 Å². The Morgan fingerprint density at radius 2 is 1.82 bits per heavy atom. The zero-order valence-corrected chi connectivity index (χ0v) is 22.7. The fourth-order valence-corrected chi connectivity index (χ4v) is 6.02. The molecule has 2 aliphatic rings. The molecule has 1 amide bonds. The largest absolute Gasteiger partial charge is 0.490 e. The van der Waals surface area contributed by atoms with Gasteiger partial charge in [0.05, 0.1) is 29.7 Å². The highest BCUT2D eigenvalue weighted by Gasteiger charge is 2.25. The average Bonchev–Trinajstić information content (AvgIpc) is 3.55. The Morgan fingerprint density at radius 1 is 1.00 bits per heavy atom. The predicted molar refractivity (Wildman–Crippen MR) is 157 cm³/mol. The number of nitrogens with one attached hydrogen (secondary N) is 2. The van der Waals surface area contributed by atoms with Crippen LogP contribution in [0, 0.1) is 0 Å². The summed E-state index contributed by atoms with van der Waals surface area (Å²) in [7, 11) is 1.91. The summed E-state index contributed by atoms with van der Waals surface area (Å²) >= 11 is 0. The number of hydrogen-bond acceptors (Lipinski definition) is 5. The second-order valence-electron chi connectivity index (χ2n) is 11.3. The molecule has 0 radical (unpaired) electrons. The molecular formula is C32H34N6O2. The normalized spacial score (nSPS) is 19.6. The first-order valence-corrected chi connectivity index (χ1v) is 14.3. The Morgan fingerprint density at radius 3 is 2.55 bits per heavy atom. The molecule has 2 atom stereocenters. The molecule has 2 saturated carbocycles. The van der Waals surface area contributed by atoms with E-state index in [1.165, 1.54) is 6.42 Å². The van der Waals surface area contributed by atoms with Gasteiger partial charge in [0.1, 0.15) is 5.75 Å². The molecule has 4 N–H and O–H groups in total. The molecule has 0 spiro atoms. The number of carbonyl (C=O) groups excluding carboxylic acids is 1. The lowest BCUT2D eigenvalue weighted by Crippen LogP contribution is -2.49. The predicted octanol–water partition coefficient (Wildman–Crippen LogP) is 5.71. The molecule has 40 heavy (non-hydrogen) atoms. The lowest BCUT2D eigenvalue weighted by molar-refractivity contribution is 0.0921.